The molecule has 1 heterocycles. The molecule has 6 nitrogen and oxygen atoms in total. The van der Waals surface area contributed by atoms with Crippen molar-refractivity contribution in [1.29, 1.82) is 0 Å². The van der Waals surface area contributed by atoms with Gasteiger partial charge in [0, 0.05) is 25.0 Å². The Morgan fingerprint density at radius 1 is 1.17 bits per heavy atom. The number of carbonyl (C=O) groups excluding carboxylic acids is 2. The second-order valence-electron chi connectivity index (χ2n) is 7.76. The summed E-state index contributed by atoms with van der Waals surface area (Å²) in [6, 6.07) is 5.42. The molecule has 2 aliphatic rings. The Morgan fingerprint density at radius 3 is 2.38 bits per heavy atom. The molecular weight excluding hydrogens is 389 g/mol. The van der Waals surface area contributed by atoms with E-state index in [-0.39, 0.29) is 48.8 Å². The third kappa shape index (κ3) is 6.09. The fourth-order valence-corrected chi connectivity index (χ4v) is 3.31. The van der Waals surface area contributed by atoms with E-state index in [1.807, 2.05) is 13.8 Å². The van der Waals surface area contributed by atoms with Crippen molar-refractivity contribution in [3.63, 3.8) is 0 Å². The minimum Gasteiger partial charge on any atom is -0.406 e. The first-order valence-corrected chi connectivity index (χ1v) is 9.67. The lowest BCUT2D eigenvalue weighted by Gasteiger charge is -2.27. The summed E-state index contributed by atoms with van der Waals surface area (Å²) < 4.78 is 46.6. The van der Waals surface area contributed by atoms with Crippen LogP contribution in [0.25, 0.3) is 0 Å². The number of alkyl halides is 3. The molecule has 1 saturated heterocycles. The predicted octanol–water partition coefficient (Wildman–Crippen LogP) is 2.96. The van der Waals surface area contributed by atoms with Gasteiger partial charge in [0.05, 0.1) is 19.3 Å². The minimum atomic E-state index is -4.73. The number of benzene rings is 1. The lowest BCUT2D eigenvalue weighted by atomic mass is 10.2. The van der Waals surface area contributed by atoms with E-state index >= 15 is 0 Å². The van der Waals surface area contributed by atoms with Gasteiger partial charge in [0.2, 0.25) is 11.8 Å². The number of rotatable bonds is 6. The standard InChI is InChI=1S/C20H25F3N2O4/c1-13(2)25-10-17(9-24(11-18(25)26)19(27)15-5-6-15)28-12-14-3-7-16(8-4-14)29-20(21,22)23/h3-4,7-8,13,15,17H,5-6,9-12H2,1-2H3. The summed E-state index contributed by atoms with van der Waals surface area (Å²) in [7, 11) is 0. The summed E-state index contributed by atoms with van der Waals surface area (Å²) >= 11 is 0. The van der Waals surface area contributed by atoms with E-state index in [2.05, 4.69) is 4.74 Å². The Kier molecular flexibility index (Phi) is 6.36. The molecule has 2 amide bonds. The quantitative estimate of drug-likeness (QED) is 0.718. The van der Waals surface area contributed by atoms with Crippen molar-refractivity contribution in [3.8, 4) is 5.75 Å². The summed E-state index contributed by atoms with van der Waals surface area (Å²) in [5.74, 6) is -0.399. The van der Waals surface area contributed by atoms with Crippen LogP contribution in [0.1, 0.15) is 32.3 Å². The molecule has 3 rings (SSSR count). The highest BCUT2D eigenvalue weighted by Crippen LogP contribution is 2.31. The van der Waals surface area contributed by atoms with Crippen molar-refractivity contribution in [2.45, 2.75) is 51.8 Å². The van der Waals surface area contributed by atoms with E-state index in [0.717, 1.165) is 12.8 Å². The van der Waals surface area contributed by atoms with Gasteiger partial charge in [0.15, 0.2) is 0 Å². The summed E-state index contributed by atoms with van der Waals surface area (Å²) in [6.07, 6.45) is -3.40. The maximum absolute atomic E-state index is 12.6. The van der Waals surface area contributed by atoms with Crippen LogP contribution in [-0.2, 0) is 20.9 Å². The van der Waals surface area contributed by atoms with E-state index in [9.17, 15) is 22.8 Å². The summed E-state index contributed by atoms with van der Waals surface area (Å²) in [5.41, 5.74) is 0.672. The lowest BCUT2D eigenvalue weighted by Crippen LogP contribution is -2.42. The molecule has 1 unspecified atom stereocenters. The Morgan fingerprint density at radius 2 is 1.83 bits per heavy atom. The minimum absolute atomic E-state index is 0.00814. The number of ether oxygens (including phenoxy) is 2. The van der Waals surface area contributed by atoms with Crippen molar-refractivity contribution in [2.24, 2.45) is 5.92 Å². The van der Waals surface area contributed by atoms with Gasteiger partial charge in [-0.1, -0.05) is 12.1 Å². The number of hydrogen-bond acceptors (Lipinski definition) is 4. The Labute approximate surface area is 167 Å². The normalized spacial score (nSPS) is 20.8. The van der Waals surface area contributed by atoms with E-state index in [1.54, 1.807) is 9.80 Å². The highest BCUT2D eigenvalue weighted by molar-refractivity contribution is 5.87. The van der Waals surface area contributed by atoms with Crippen molar-refractivity contribution in [2.75, 3.05) is 19.6 Å². The molecule has 2 fully saturated rings. The van der Waals surface area contributed by atoms with Gasteiger partial charge in [-0.2, -0.15) is 0 Å². The molecule has 0 aromatic heterocycles. The topological polar surface area (TPSA) is 59.1 Å². The van der Waals surface area contributed by atoms with Crippen molar-refractivity contribution < 1.29 is 32.2 Å². The first-order valence-electron chi connectivity index (χ1n) is 9.67. The molecule has 0 bridgehead atoms. The van der Waals surface area contributed by atoms with Crippen LogP contribution in [0, 0.1) is 5.92 Å². The first-order chi connectivity index (χ1) is 13.6. The average Bonchev–Trinajstić information content (AvgIpc) is 3.47. The van der Waals surface area contributed by atoms with Crippen LogP contribution in [0.4, 0.5) is 13.2 Å². The zero-order valence-corrected chi connectivity index (χ0v) is 16.4. The molecule has 1 aliphatic carbocycles. The molecular formula is C20H25F3N2O4. The summed E-state index contributed by atoms with van der Waals surface area (Å²) in [5, 5.41) is 0. The lowest BCUT2D eigenvalue weighted by molar-refractivity contribution is -0.274. The molecule has 1 saturated carbocycles. The SMILES string of the molecule is CC(C)N1CC(OCc2ccc(OC(F)(F)F)cc2)CN(C(=O)C2CC2)CC1=O. The van der Waals surface area contributed by atoms with Gasteiger partial charge in [-0.25, -0.2) is 0 Å². The van der Waals surface area contributed by atoms with Gasteiger partial charge in [-0.15, -0.1) is 13.2 Å². The van der Waals surface area contributed by atoms with Gasteiger partial charge in [0.25, 0.3) is 0 Å². The molecule has 160 valence electrons. The third-order valence-electron chi connectivity index (χ3n) is 4.98. The van der Waals surface area contributed by atoms with E-state index in [1.165, 1.54) is 24.3 Å². The Balaban J connectivity index is 1.63. The van der Waals surface area contributed by atoms with Gasteiger partial charge in [-0.3, -0.25) is 9.59 Å². The van der Waals surface area contributed by atoms with Crippen molar-refractivity contribution in [3.05, 3.63) is 29.8 Å². The van der Waals surface area contributed by atoms with Gasteiger partial charge in [-0.05, 0) is 44.4 Å². The second-order valence-corrected chi connectivity index (χ2v) is 7.76. The van der Waals surface area contributed by atoms with Gasteiger partial charge >= 0.3 is 6.36 Å². The molecule has 1 aromatic rings. The van der Waals surface area contributed by atoms with Crippen LogP contribution < -0.4 is 4.74 Å². The maximum atomic E-state index is 12.6. The molecule has 9 heteroatoms. The van der Waals surface area contributed by atoms with Crippen molar-refractivity contribution in [1.82, 2.24) is 9.80 Å². The molecule has 0 spiro atoms. The zero-order chi connectivity index (χ0) is 21.2. The third-order valence-corrected chi connectivity index (χ3v) is 4.98. The number of halogens is 3. The van der Waals surface area contributed by atoms with Crippen LogP contribution in [0.2, 0.25) is 0 Å². The van der Waals surface area contributed by atoms with Crippen LogP contribution in [0.15, 0.2) is 24.3 Å². The monoisotopic (exact) mass is 414 g/mol. The number of amides is 2. The van der Waals surface area contributed by atoms with Crippen molar-refractivity contribution >= 4 is 11.8 Å². The number of nitrogens with zero attached hydrogens (tertiary/aromatic N) is 2. The van der Waals surface area contributed by atoms with E-state index in [0.29, 0.717) is 18.7 Å². The average molecular weight is 414 g/mol. The number of carbonyl (C=O) groups is 2. The predicted molar refractivity (Wildman–Crippen MR) is 97.9 cm³/mol. The van der Waals surface area contributed by atoms with E-state index in [4.69, 9.17) is 4.74 Å². The highest BCUT2D eigenvalue weighted by atomic mass is 19.4. The van der Waals surface area contributed by atoms with Gasteiger partial charge in [0.1, 0.15) is 5.75 Å². The Hall–Kier alpha value is -2.29. The molecule has 1 aliphatic heterocycles. The fourth-order valence-electron chi connectivity index (χ4n) is 3.31. The van der Waals surface area contributed by atoms with Crippen LogP contribution in [0.5, 0.6) is 5.75 Å². The fraction of sp³-hybridized carbons (Fsp3) is 0.600. The second kappa shape index (κ2) is 8.61. The zero-order valence-electron chi connectivity index (χ0n) is 16.4. The highest BCUT2D eigenvalue weighted by Gasteiger charge is 2.38. The first kappa shape index (κ1) is 21.4. The van der Waals surface area contributed by atoms with E-state index < -0.39 is 6.36 Å². The van der Waals surface area contributed by atoms with Crippen LogP contribution in [0.3, 0.4) is 0 Å². The maximum Gasteiger partial charge on any atom is 0.573 e. The number of hydrogen-bond donors (Lipinski definition) is 0. The molecule has 0 N–H and O–H groups in total. The molecule has 1 aromatic carbocycles. The largest absolute Gasteiger partial charge is 0.573 e. The van der Waals surface area contributed by atoms with Crippen LogP contribution >= 0.6 is 0 Å². The molecule has 1 atom stereocenters. The molecule has 29 heavy (non-hydrogen) atoms. The van der Waals surface area contributed by atoms with Crippen LogP contribution in [-0.4, -0.2) is 59.8 Å². The Bertz CT molecular complexity index is 732. The summed E-state index contributed by atoms with van der Waals surface area (Å²) in [4.78, 5) is 28.3. The van der Waals surface area contributed by atoms with Gasteiger partial charge < -0.3 is 19.3 Å². The molecule has 0 radical (unpaired) electrons. The summed E-state index contributed by atoms with van der Waals surface area (Å²) in [6.45, 7) is 4.71. The smallest absolute Gasteiger partial charge is 0.406 e.